The Morgan fingerprint density at radius 1 is 1.15 bits per heavy atom. The van der Waals surface area contributed by atoms with Crippen molar-refractivity contribution < 1.29 is 9.21 Å². The number of aromatic nitrogens is 2. The Bertz CT molecular complexity index is 894. The largest absolute Gasteiger partial charge is 0.411 e. The van der Waals surface area contributed by atoms with Gasteiger partial charge in [-0.15, -0.1) is 10.2 Å². The van der Waals surface area contributed by atoms with Crippen LogP contribution in [0.15, 0.2) is 58.2 Å². The molecule has 1 N–H and O–H groups in total. The summed E-state index contributed by atoms with van der Waals surface area (Å²) >= 11 is 7.10. The summed E-state index contributed by atoms with van der Waals surface area (Å²) in [6, 6.07) is 15.3. The quantitative estimate of drug-likeness (QED) is 0.560. The fourth-order valence-electron chi connectivity index (χ4n) is 2.56. The van der Waals surface area contributed by atoms with Gasteiger partial charge in [0.15, 0.2) is 0 Å². The second-order valence-electron chi connectivity index (χ2n) is 6.11. The van der Waals surface area contributed by atoms with Gasteiger partial charge < -0.3 is 9.73 Å². The minimum Gasteiger partial charge on any atom is -0.411 e. The van der Waals surface area contributed by atoms with Crippen LogP contribution in [-0.4, -0.2) is 21.9 Å². The number of amides is 1. The predicted molar refractivity (Wildman–Crippen MR) is 108 cm³/mol. The monoisotopic (exact) mass is 401 g/mol. The first kappa shape index (κ1) is 19.5. The summed E-state index contributed by atoms with van der Waals surface area (Å²) in [7, 11) is 0. The van der Waals surface area contributed by atoms with Crippen LogP contribution in [-0.2, 0) is 4.79 Å². The highest BCUT2D eigenvalue weighted by Crippen LogP contribution is 2.24. The van der Waals surface area contributed by atoms with Crippen LogP contribution in [0.4, 0.5) is 0 Å². The second-order valence-corrected chi connectivity index (χ2v) is 7.47. The van der Waals surface area contributed by atoms with Crippen LogP contribution in [0.2, 0.25) is 5.02 Å². The van der Waals surface area contributed by atoms with Gasteiger partial charge in [0, 0.05) is 10.6 Å². The summed E-state index contributed by atoms with van der Waals surface area (Å²) in [5, 5.41) is 12.1. The zero-order valence-corrected chi connectivity index (χ0v) is 16.7. The Morgan fingerprint density at radius 2 is 1.85 bits per heavy atom. The SMILES string of the molecule is CC[C@@H](NC(=O)CSc1nnc(-c2ccc(Cl)cc2)o1)c1ccc(C)cc1. The molecule has 0 unspecified atom stereocenters. The van der Waals surface area contributed by atoms with E-state index in [0.717, 1.165) is 17.5 Å². The van der Waals surface area contributed by atoms with Gasteiger partial charge in [-0.05, 0) is 43.2 Å². The first-order valence-corrected chi connectivity index (χ1v) is 9.99. The normalized spacial score (nSPS) is 12.0. The Kier molecular flexibility index (Phi) is 6.53. The number of nitrogens with one attached hydrogen (secondary N) is 1. The lowest BCUT2D eigenvalue weighted by atomic mass is 10.0. The van der Waals surface area contributed by atoms with Crippen molar-refractivity contribution in [1.29, 1.82) is 0 Å². The zero-order valence-electron chi connectivity index (χ0n) is 15.1. The van der Waals surface area contributed by atoms with Gasteiger partial charge in [0.2, 0.25) is 11.8 Å². The van der Waals surface area contributed by atoms with E-state index in [1.54, 1.807) is 12.1 Å². The van der Waals surface area contributed by atoms with Crippen molar-refractivity contribution in [3.63, 3.8) is 0 Å². The van der Waals surface area contributed by atoms with Crippen LogP contribution in [0.1, 0.15) is 30.5 Å². The third-order valence-corrected chi connectivity index (χ3v) is 5.12. The van der Waals surface area contributed by atoms with E-state index < -0.39 is 0 Å². The third-order valence-electron chi connectivity index (χ3n) is 4.05. The van der Waals surface area contributed by atoms with Gasteiger partial charge in [-0.25, -0.2) is 0 Å². The number of hydrogen-bond acceptors (Lipinski definition) is 5. The molecular weight excluding hydrogens is 382 g/mol. The van der Waals surface area contributed by atoms with E-state index in [1.165, 1.54) is 17.3 Å². The molecule has 140 valence electrons. The highest BCUT2D eigenvalue weighted by atomic mass is 35.5. The van der Waals surface area contributed by atoms with Gasteiger partial charge in [-0.3, -0.25) is 4.79 Å². The molecule has 2 aromatic carbocycles. The molecule has 3 aromatic rings. The molecule has 0 aliphatic carbocycles. The molecule has 0 bridgehead atoms. The number of rotatable bonds is 7. The molecule has 27 heavy (non-hydrogen) atoms. The minimum atomic E-state index is -0.0707. The van der Waals surface area contributed by atoms with Crippen molar-refractivity contribution in [2.45, 2.75) is 31.5 Å². The second kappa shape index (κ2) is 9.06. The topological polar surface area (TPSA) is 68.0 Å². The maximum atomic E-state index is 12.3. The molecule has 1 heterocycles. The van der Waals surface area contributed by atoms with Crippen molar-refractivity contribution in [3.05, 3.63) is 64.7 Å². The van der Waals surface area contributed by atoms with Crippen LogP contribution >= 0.6 is 23.4 Å². The van der Waals surface area contributed by atoms with Crippen LogP contribution in [0.5, 0.6) is 0 Å². The lowest BCUT2D eigenvalue weighted by Gasteiger charge is -2.17. The highest BCUT2D eigenvalue weighted by Gasteiger charge is 2.15. The first-order valence-electron chi connectivity index (χ1n) is 8.63. The van der Waals surface area contributed by atoms with Gasteiger partial charge in [0.05, 0.1) is 11.8 Å². The van der Waals surface area contributed by atoms with Crippen molar-refractivity contribution in [3.8, 4) is 11.5 Å². The van der Waals surface area contributed by atoms with E-state index in [1.807, 2.05) is 38.1 Å². The fourth-order valence-corrected chi connectivity index (χ4v) is 3.26. The van der Waals surface area contributed by atoms with Gasteiger partial charge in [0.25, 0.3) is 5.22 Å². The molecule has 0 spiro atoms. The highest BCUT2D eigenvalue weighted by molar-refractivity contribution is 7.99. The number of thioether (sulfide) groups is 1. The number of aryl methyl sites for hydroxylation is 1. The molecule has 3 rings (SSSR count). The molecule has 7 heteroatoms. The molecule has 1 atom stereocenters. The standard InChI is InChI=1S/C20H20ClN3O2S/c1-3-17(14-6-4-13(2)5-7-14)22-18(25)12-27-20-24-23-19(26-20)15-8-10-16(21)11-9-15/h4-11,17H,3,12H2,1-2H3,(H,22,25)/t17-/m1/s1. The van der Waals surface area contributed by atoms with Gasteiger partial charge in [0.1, 0.15) is 0 Å². The predicted octanol–water partition coefficient (Wildman–Crippen LogP) is 5.06. The van der Waals surface area contributed by atoms with Crippen molar-refractivity contribution in [2.75, 3.05) is 5.75 Å². The Balaban J connectivity index is 1.55. The minimum absolute atomic E-state index is 0.00832. The van der Waals surface area contributed by atoms with Crippen molar-refractivity contribution >= 4 is 29.3 Å². The first-order chi connectivity index (χ1) is 13.0. The fraction of sp³-hybridized carbons (Fsp3) is 0.250. The number of hydrogen-bond donors (Lipinski definition) is 1. The Labute approximate surface area is 167 Å². The summed E-state index contributed by atoms with van der Waals surface area (Å²) in [5.74, 6) is 0.546. The van der Waals surface area contributed by atoms with E-state index in [0.29, 0.717) is 16.1 Å². The maximum Gasteiger partial charge on any atom is 0.277 e. The summed E-state index contributed by atoms with van der Waals surface area (Å²) in [4.78, 5) is 12.3. The van der Waals surface area contributed by atoms with Gasteiger partial charge in [-0.2, -0.15) is 0 Å². The van der Waals surface area contributed by atoms with Gasteiger partial charge >= 0.3 is 0 Å². The molecule has 1 aromatic heterocycles. The van der Waals surface area contributed by atoms with E-state index in [2.05, 4.69) is 27.6 Å². The molecule has 5 nitrogen and oxygen atoms in total. The number of carbonyl (C=O) groups excluding carboxylic acids is 1. The van der Waals surface area contributed by atoms with E-state index in [4.69, 9.17) is 16.0 Å². The molecule has 0 fully saturated rings. The number of benzene rings is 2. The Hall–Kier alpha value is -2.31. The molecule has 0 saturated carbocycles. The molecular formula is C20H20ClN3O2S. The lowest BCUT2D eigenvalue weighted by molar-refractivity contribution is -0.119. The summed E-state index contributed by atoms with van der Waals surface area (Å²) < 4.78 is 5.61. The molecule has 0 saturated heterocycles. The van der Waals surface area contributed by atoms with E-state index in [9.17, 15) is 4.79 Å². The average molecular weight is 402 g/mol. The van der Waals surface area contributed by atoms with Crippen LogP contribution in [0.3, 0.4) is 0 Å². The number of halogens is 1. The summed E-state index contributed by atoms with van der Waals surface area (Å²) in [6.45, 7) is 4.09. The zero-order chi connectivity index (χ0) is 19.2. The molecule has 0 aliphatic rings. The van der Waals surface area contributed by atoms with Crippen LogP contribution in [0.25, 0.3) is 11.5 Å². The Morgan fingerprint density at radius 3 is 2.52 bits per heavy atom. The number of nitrogens with zero attached hydrogens (tertiary/aromatic N) is 2. The molecule has 0 aliphatic heterocycles. The van der Waals surface area contributed by atoms with E-state index >= 15 is 0 Å². The third kappa shape index (κ3) is 5.34. The number of carbonyl (C=O) groups is 1. The summed E-state index contributed by atoms with van der Waals surface area (Å²) in [6.07, 6.45) is 0.820. The van der Waals surface area contributed by atoms with Crippen LogP contribution in [0, 0.1) is 6.92 Å². The molecule has 1 amide bonds. The molecule has 0 radical (unpaired) electrons. The van der Waals surface area contributed by atoms with Gasteiger partial charge in [-0.1, -0.05) is 60.1 Å². The average Bonchev–Trinajstić information content (AvgIpc) is 3.15. The van der Waals surface area contributed by atoms with Crippen molar-refractivity contribution in [2.24, 2.45) is 0 Å². The maximum absolute atomic E-state index is 12.3. The van der Waals surface area contributed by atoms with Crippen molar-refractivity contribution in [1.82, 2.24) is 15.5 Å². The smallest absolute Gasteiger partial charge is 0.277 e. The summed E-state index contributed by atoms with van der Waals surface area (Å²) in [5.41, 5.74) is 3.08. The lowest BCUT2D eigenvalue weighted by Crippen LogP contribution is -2.29. The van der Waals surface area contributed by atoms with Crippen LogP contribution < -0.4 is 5.32 Å². The van der Waals surface area contributed by atoms with E-state index in [-0.39, 0.29) is 17.7 Å².